The summed E-state index contributed by atoms with van der Waals surface area (Å²) < 4.78 is 39.0. The molecule has 1 aromatic heterocycles. The number of halogens is 3. The van der Waals surface area contributed by atoms with E-state index in [2.05, 4.69) is 4.98 Å². The van der Waals surface area contributed by atoms with Crippen molar-refractivity contribution in [3.05, 3.63) is 78.5 Å². The van der Waals surface area contributed by atoms with Crippen molar-refractivity contribution in [2.24, 2.45) is 0 Å². The van der Waals surface area contributed by atoms with Gasteiger partial charge in [0.25, 0.3) is 0 Å². The molecule has 0 aliphatic rings. The molecule has 0 N–H and O–H groups in total. The molecule has 3 aromatic rings. The molecular formula is C18H12F3N. The van der Waals surface area contributed by atoms with Gasteiger partial charge in [-0.2, -0.15) is 13.2 Å². The lowest BCUT2D eigenvalue weighted by Crippen LogP contribution is -2.05. The average molecular weight is 299 g/mol. The van der Waals surface area contributed by atoms with Gasteiger partial charge >= 0.3 is 6.18 Å². The molecular weight excluding hydrogens is 287 g/mol. The molecule has 1 heterocycles. The Kier molecular flexibility index (Phi) is 3.67. The Morgan fingerprint density at radius 2 is 1.45 bits per heavy atom. The summed E-state index contributed by atoms with van der Waals surface area (Å²) in [4.78, 5) is 4.25. The van der Waals surface area contributed by atoms with Crippen LogP contribution >= 0.6 is 0 Å². The van der Waals surface area contributed by atoms with Crippen LogP contribution in [0.2, 0.25) is 0 Å². The summed E-state index contributed by atoms with van der Waals surface area (Å²) in [6.45, 7) is 0. The summed E-state index contributed by atoms with van der Waals surface area (Å²) in [6.07, 6.45) is -2.74. The van der Waals surface area contributed by atoms with Gasteiger partial charge in [-0.25, -0.2) is 0 Å². The fourth-order valence-electron chi connectivity index (χ4n) is 2.32. The zero-order valence-corrected chi connectivity index (χ0v) is 11.5. The van der Waals surface area contributed by atoms with Crippen molar-refractivity contribution in [1.82, 2.24) is 4.98 Å². The summed E-state index contributed by atoms with van der Waals surface area (Å²) in [7, 11) is 0. The van der Waals surface area contributed by atoms with Crippen molar-refractivity contribution < 1.29 is 13.2 Å². The highest BCUT2D eigenvalue weighted by molar-refractivity contribution is 5.82. The Morgan fingerprint density at radius 3 is 2.09 bits per heavy atom. The molecule has 0 radical (unpaired) electrons. The van der Waals surface area contributed by atoms with Crippen LogP contribution in [0, 0.1) is 0 Å². The summed E-state index contributed by atoms with van der Waals surface area (Å²) in [6, 6.07) is 18.2. The average Bonchev–Trinajstić information content (AvgIpc) is 2.55. The molecule has 0 fully saturated rings. The van der Waals surface area contributed by atoms with E-state index >= 15 is 0 Å². The Morgan fingerprint density at radius 1 is 0.727 bits per heavy atom. The molecule has 3 rings (SSSR count). The standard InChI is InChI=1S/C18H12F3N/c19-18(20,21)14-9-10-15(17-8-4-5-11-22-17)16(12-14)13-6-2-1-3-7-13/h1-12H. The third-order valence-corrected chi connectivity index (χ3v) is 3.37. The van der Waals surface area contributed by atoms with Crippen molar-refractivity contribution in [1.29, 1.82) is 0 Å². The quantitative estimate of drug-likeness (QED) is 0.614. The monoisotopic (exact) mass is 299 g/mol. The first kappa shape index (κ1) is 14.3. The summed E-state index contributed by atoms with van der Waals surface area (Å²) in [5, 5.41) is 0. The fraction of sp³-hybridized carbons (Fsp3) is 0.0556. The van der Waals surface area contributed by atoms with Gasteiger partial charge in [-0.15, -0.1) is 0 Å². The van der Waals surface area contributed by atoms with Gasteiger partial charge in [0.1, 0.15) is 0 Å². The third kappa shape index (κ3) is 2.86. The second-order valence-corrected chi connectivity index (χ2v) is 4.84. The Hall–Kier alpha value is -2.62. The topological polar surface area (TPSA) is 12.9 Å². The van der Waals surface area contributed by atoms with Gasteiger partial charge in [0.15, 0.2) is 0 Å². The first-order valence-corrected chi connectivity index (χ1v) is 6.74. The van der Waals surface area contributed by atoms with Crippen LogP contribution in [0.3, 0.4) is 0 Å². The molecule has 0 spiro atoms. The van der Waals surface area contributed by atoms with Gasteiger partial charge in [0.05, 0.1) is 11.3 Å². The number of hydrogen-bond acceptors (Lipinski definition) is 1. The van der Waals surface area contributed by atoms with E-state index in [0.29, 0.717) is 16.8 Å². The molecule has 110 valence electrons. The van der Waals surface area contributed by atoms with Crippen LogP contribution in [-0.4, -0.2) is 4.98 Å². The van der Waals surface area contributed by atoms with E-state index in [1.807, 2.05) is 12.1 Å². The lowest BCUT2D eigenvalue weighted by Gasteiger charge is -2.13. The van der Waals surface area contributed by atoms with Gasteiger partial charge in [-0.1, -0.05) is 42.5 Å². The van der Waals surface area contributed by atoms with Crippen LogP contribution in [0.15, 0.2) is 72.9 Å². The van der Waals surface area contributed by atoms with Crippen LogP contribution in [0.1, 0.15) is 5.56 Å². The van der Waals surface area contributed by atoms with Crippen LogP contribution in [0.4, 0.5) is 13.2 Å². The number of pyridine rings is 1. The molecule has 1 nitrogen and oxygen atoms in total. The van der Waals surface area contributed by atoms with E-state index in [-0.39, 0.29) is 0 Å². The molecule has 2 aromatic carbocycles. The molecule has 0 saturated heterocycles. The van der Waals surface area contributed by atoms with Gasteiger partial charge in [0.2, 0.25) is 0 Å². The first-order chi connectivity index (χ1) is 10.6. The van der Waals surface area contributed by atoms with E-state index in [4.69, 9.17) is 0 Å². The van der Waals surface area contributed by atoms with Crippen LogP contribution < -0.4 is 0 Å². The van der Waals surface area contributed by atoms with Gasteiger partial charge in [0, 0.05) is 11.8 Å². The summed E-state index contributed by atoms with van der Waals surface area (Å²) in [5.74, 6) is 0. The maximum Gasteiger partial charge on any atom is 0.416 e. The zero-order valence-electron chi connectivity index (χ0n) is 11.5. The van der Waals surface area contributed by atoms with Gasteiger partial charge in [-0.05, 0) is 35.4 Å². The maximum atomic E-state index is 13.0. The number of benzene rings is 2. The molecule has 0 atom stereocenters. The van der Waals surface area contributed by atoms with E-state index in [1.165, 1.54) is 12.1 Å². The predicted molar refractivity (Wildman–Crippen MR) is 80.1 cm³/mol. The summed E-state index contributed by atoms with van der Waals surface area (Å²) in [5.41, 5.74) is 1.92. The highest BCUT2D eigenvalue weighted by Gasteiger charge is 2.31. The molecule has 0 amide bonds. The highest BCUT2D eigenvalue weighted by atomic mass is 19.4. The Bertz CT molecular complexity index is 765. The van der Waals surface area contributed by atoms with Crippen molar-refractivity contribution in [3.63, 3.8) is 0 Å². The summed E-state index contributed by atoms with van der Waals surface area (Å²) >= 11 is 0. The van der Waals surface area contributed by atoms with Crippen molar-refractivity contribution in [2.45, 2.75) is 6.18 Å². The van der Waals surface area contributed by atoms with Crippen LogP contribution in [-0.2, 0) is 6.18 Å². The van der Waals surface area contributed by atoms with Crippen LogP contribution in [0.25, 0.3) is 22.4 Å². The van der Waals surface area contributed by atoms with Crippen molar-refractivity contribution in [2.75, 3.05) is 0 Å². The molecule has 0 unspecified atom stereocenters. The molecule has 0 bridgehead atoms. The minimum absolute atomic E-state index is 0.522. The third-order valence-electron chi connectivity index (χ3n) is 3.37. The highest BCUT2D eigenvalue weighted by Crippen LogP contribution is 2.37. The lowest BCUT2D eigenvalue weighted by molar-refractivity contribution is -0.137. The normalized spacial score (nSPS) is 11.4. The second kappa shape index (κ2) is 5.64. The lowest BCUT2D eigenvalue weighted by atomic mass is 9.95. The fourth-order valence-corrected chi connectivity index (χ4v) is 2.32. The Labute approximate surface area is 126 Å². The predicted octanol–water partition coefficient (Wildman–Crippen LogP) is 5.43. The molecule has 22 heavy (non-hydrogen) atoms. The second-order valence-electron chi connectivity index (χ2n) is 4.84. The van der Waals surface area contributed by atoms with E-state index < -0.39 is 11.7 Å². The smallest absolute Gasteiger partial charge is 0.256 e. The van der Waals surface area contributed by atoms with Crippen LogP contribution in [0.5, 0.6) is 0 Å². The number of nitrogens with zero attached hydrogens (tertiary/aromatic N) is 1. The molecule has 4 heteroatoms. The van der Waals surface area contributed by atoms with Gasteiger partial charge in [-0.3, -0.25) is 4.98 Å². The number of aromatic nitrogens is 1. The van der Waals surface area contributed by atoms with E-state index in [0.717, 1.165) is 11.6 Å². The molecule has 0 saturated carbocycles. The molecule has 0 aliphatic heterocycles. The Balaban J connectivity index is 2.23. The minimum Gasteiger partial charge on any atom is -0.256 e. The number of rotatable bonds is 2. The number of hydrogen-bond donors (Lipinski definition) is 0. The SMILES string of the molecule is FC(F)(F)c1ccc(-c2ccccn2)c(-c2ccccc2)c1. The minimum atomic E-state index is -4.37. The molecule has 0 aliphatic carbocycles. The zero-order chi connectivity index (χ0) is 15.6. The van der Waals surface area contributed by atoms with Crippen molar-refractivity contribution in [3.8, 4) is 22.4 Å². The first-order valence-electron chi connectivity index (χ1n) is 6.74. The maximum absolute atomic E-state index is 13.0. The van der Waals surface area contributed by atoms with E-state index in [9.17, 15) is 13.2 Å². The number of alkyl halides is 3. The largest absolute Gasteiger partial charge is 0.416 e. The van der Waals surface area contributed by atoms with E-state index in [1.54, 1.807) is 42.6 Å². The van der Waals surface area contributed by atoms with Gasteiger partial charge < -0.3 is 0 Å². The van der Waals surface area contributed by atoms with Crippen molar-refractivity contribution >= 4 is 0 Å².